The van der Waals surface area contributed by atoms with Crippen LogP contribution in [0.1, 0.15) is 44.2 Å². The van der Waals surface area contributed by atoms with E-state index in [1.807, 2.05) is 11.3 Å². The smallest absolute Gasteiger partial charge is 0.0649 e. The van der Waals surface area contributed by atoms with Crippen molar-refractivity contribution in [3.63, 3.8) is 0 Å². The third-order valence-corrected chi connectivity index (χ3v) is 7.52. The summed E-state index contributed by atoms with van der Waals surface area (Å²) < 4.78 is 1.54. The van der Waals surface area contributed by atoms with E-state index in [4.69, 9.17) is 0 Å². The summed E-state index contributed by atoms with van der Waals surface area (Å²) in [7, 11) is 0. The molecular formula is C14H21NS3. The van der Waals surface area contributed by atoms with Crippen molar-refractivity contribution in [2.75, 3.05) is 12.3 Å². The third-order valence-electron chi connectivity index (χ3n) is 3.78. The fourth-order valence-corrected chi connectivity index (χ4v) is 6.60. The zero-order chi connectivity index (χ0) is 12.4. The number of nitrogens with one attached hydrogen (secondary N) is 1. The SMILES string of the molecule is C[C@H]1CC(NCC2CCCCS2)c2ccsc2S1. The number of rotatable bonds is 3. The summed E-state index contributed by atoms with van der Waals surface area (Å²) in [5.41, 5.74) is 1.56. The molecule has 3 rings (SSSR count). The Hall–Kier alpha value is 0.360. The van der Waals surface area contributed by atoms with Gasteiger partial charge in [-0.3, -0.25) is 0 Å². The average Bonchev–Trinajstić information content (AvgIpc) is 2.85. The second-order valence-corrected chi connectivity index (χ2v) is 9.31. The monoisotopic (exact) mass is 299 g/mol. The number of hydrogen-bond acceptors (Lipinski definition) is 4. The lowest BCUT2D eigenvalue weighted by Crippen LogP contribution is -2.32. The van der Waals surface area contributed by atoms with E-state index >= 15 is 0 Å². The Morgan fingerprint density at radius 2 is 2.33 bits per heavy atom. The fourth-order valence-electron chi connectivity index (χ4n) is 2.78. The predicted octanol–water partition coefficient (Wildman–Crippen LogP) is 4.55. The Balaban J connectivity index is 1.59. The van der Waals surface area contributed by atoms with Crippen molar-refractivity contribution >= 4 is 34.9 Å². The van der Waals surface area contributed by atoms with Crippen LogP contribution in [0.3, 0.4) is 0 Å². The molecule has 1 saturated heterocycles. The standard InChI is InChI=1S/C14H21NS3/c1-10-8-13(12-5-7-17-14(12)18-10)15-9-11-4-2-3-6-16-11/h5,7,10-11,13,15H,2-4,6,8-9H2,1H3/t10-,11?,13?/m0/s1. The van der Waals surface area contributed by atoms with E-state index < -0.39 is 0 Å². The van der Waals surface area contributed by atoms with Crippen molar-refractivity contribution < 1.29 is 0 Å². The van der Waals surface area contributed by atoms with Crippen molar-refractivity contribution in [3.05, 3.63) is 17.0 Å². The van der Waals surface area contributed by atoms with Gasteiger partial charge in [-0.15, -0.1) is 23.1 Å². The highest BCUT2D eigenvalue weighted by Crippen LogP contribution is 2.43. The zero-order valence-corrected chi connectivity index (χ0v) is 13.3. The molecule has 0 aliphatic carbocycles. The predicted molar refractivity (Wildman–Crippen MR) is 85.1 cm³/mol. The van der Waals surface area contributed by atoms with Crippen LogP contribution >= 0.6 is 34.9 Å². The molecule has 1 aromatic rings. The number of thioether (sulfide) groups is 2. The Kier molecular flexibility index (Phi) is 4.60. The van der Waals surface area contributed by atoms with Gasteiger partial charge in [0, 0.05) is 23.1 Å². The zero-order valence-electron chi connectivity index (χ0n) is 10.9. The molecule has 18 heavy (non-hydrogen) atoms. The van der Waals surface area contributed by atoms with Gasteiger partial charge in [0.2, 0.25) is 0 Å². The molecule has 0 aromatic carbocycles. The van der Waals surface area contributed by atoms with Crippen LogP contribution in [0, 0.1) is 0 Å². The highest BCUT2D eigenvalue weighted by molar-refractivity contribution is 8.01. The largest absolute Gasteiger partial charge is 0.309 e. The van der Waals surface area contributed by atoms with Gasteiger partial charge in [0.25, 0.3) is 0 Å². The molecule has 0 bridgehead atoms. The van der Waals surface area contributed by atoms with Crippen molar-refractivity contribution in [2.24, 2.45) is 0 Å². The summed E-state index contributed by atoms with van der Waals surface area (Å²) in [5.74, 6) is 1.37. The molecule has 1 nitrogen and oxygen atoms in total. The summed E-state index contributed by atoms with van der Waals surface area (Å²) in [5, 5.41) is 7.70. The van der Waals surface area contributed by atoms with Gasteiger partial charge < -0.3 is 5.32 Å². The lowest BCUT2D eigenvalue weighted by Gasteiger charge is -2.30. The van der Waals surface area contributed by atoms with E-state index in [1.54, 1.807) is 9.77 Å². The van der Waals surface area contributed by atoms with Gasteiger partial charge in [0.05, 0.1) is 4.21 Å². The topological polar surface area (TPSA) is 12.0 Å². The molecule has 0 amide bonds. The van der Waals surface area contributed by atoms with Crippen LogP contribution in [-0.4, -0.2) is 22.8 Å². The van der Waals surface area contributed by atoms with Crippen LogP contribution in [-0.2, 0) is 0 Å². The van der Waals surface area contributed by atoms with Gasteiger partial charge in [0.1, 0.15) is 0 Å². The molecule has 100 valence electrons. The normalized spacial score (nSPS) is 32.2. The van der Waals surface area contributed by atoms with Crippen LogP contribution in [0.25, 0.3) is 0 Å². The van der Waals surface area contributed by atoms with Crippen molar-refractivity contribution in [2.45, 2.75) is 53.4 Å². The minimum absolute atomic E-state index is 0.602. The lowest BCUT2D eigenvalue weighted by molar-refractivity contribution is 0.476. The van der Waals surface area contributed by atoms with E-state index in [9.17, 15) is 0 Å². The molecule has 1 N–H and O–H groups in total. The van der Waals surface area contributed by atoms with Gasteiger partial charge in [-0.2, -0.15) is 11.8 Å². The fraction of sp³-hybridized carbons (Fsp3) is 0.714. The molecule has 1 aromatic heterocycles. The highest BCUT2D eigenvalue weighted by atomic mass is 32.2. The Labute approximate surface area is 123 Å². The first kappa shape index (κ1) is 13.3. The summed E-state index contributed by atoms with van der Waals surface area (Å²) in [4.78, 5) is 0. The van der Waals surface area contributed by atoms with Gasteiger partial charge in [-0.25, -0.2) is 0 Å². The average molecular weight is 300 g/mol. The Bertz CT molecular complexity index is 384. The minimum atomic E-state index is 0.602. The van der Waals surface area contributed by atoms with Crippen LogP contribution in [0.2, 0.25) is 0 Å². The summed E-state index contributed by atoms with van der Waals surface area (Å²) >= 11 is 6.14. The van der Waals surface area contributed by atoms with E-state index in [2.05, 4.69) is 47.2 Å². The van der Waals surface area contributed by atoms with E-state index in [1.165, 1.54) is 38.0 Å². The lowest BCUT2D eigenvalue weighted by atomic mass is 10.0. The Morgan fingerprint density at radius 1 is 1.39 bits per heavy atom. The van der Waals surface area contributed by atoms with Crippen LogP contribution in [0.5, 0.6) is 0 Å². The van der Waals surface area contributed by atoms with Crippen molar-refractivity contribution in [1.82, 2.24) is 5.32 Å². The van der Waals surface area contributed by atoms with Crippen LogP contribution in [0.15, 0.2) is 15.7 Å². The summed E-state index contributed by atoms with van der Waals surface area (Å²) in [6.07, 6.45) is 5.55. The van der Waals surface area contributed by atoms with Crippen LogP contribution in [0.4, 0.5) is 0 Å². The van der Waals surface area contributed by atoms with E-state index in [-0.39, 0.29) is 0 Å². The van der Waals surface area contributed by atoms with Crippen molar-refractivity contribution in [1.29, 1.82) is 0 Å². The molecule has 4 heteroatoms. The second-order valence-electron chi connectivity index (χ2n) is 5.28. The highest BCUT2D eigenvalue weighted by Gasteiger charge is 2.26. The molecule has 3 heterocycles. The van der Waals surface area contributed by atoms with Crippen LogP contribution < -0.4 is 5.32 Å². The Morgan fingerprint density at radius 3 is 3.17 bits per heavy atom. The first-order valence-corrected chi connectivity index (χ1v) is 9.73. The molecule has 0 radical (unpaired) electrons. The first-order valence-electron chi connectivity index (χ1n) is 6.92. The molecule has 2 aliphatic heterocycles. The van der Waals surface area contributed by atoms with E-state index in [0.29, 0.717) is 6.04 Å². The van der Waals surface area contributed by atoms with E-state index in [0.717, 1.165) is 10.5 Å². The van der Waals surface area contributed by atoms with Gasteiger partial charge in [-0.1, -0.05) is 13.3 Å². The maximum atomic E-state index is 3.84. The van der Waals surface area contributed by atoms with Gasteiger partial charge >= 0.3 is 0 Å². The first-order chi connectivity index (χ1) is 8.83. The number of hydrogen-bond donors (Lipinski definition) is 1. The second kappa shape index (κ2) is 6.21. The molecular weight excluding hydrogens is 278 g/mol. The maximum absolute atomic E-state index is 3.84. The molecule has 2 unspecified atom stereocenters. The van der Waals surface area contributed by atoms with Gasteiger partial charge in [-0.05, 0) is 42.0 Å². The molecule has 0 saturated carbocycles. The number of fused-ring (bicyclic) bond motifs is 1. The maximum Gasteiger partial charge on any atom is 0.0649 e. The molecule has 2 aliphatic rings. The molecule has 0 spiro atoms. The quantitative estimate of drug-likeness (QED) is 0.879. The van der Waals surface area contributed by atoms with Gasteiger partial charge in [0.15, 0.2) is 0 Å². The minimum Gasteiger partial charge on any atom is -0.309 e. The summed E-state index contributed by atoms with van der Waals surface area (Å²) in [6.45, 7) is 3.55. The molecule has 3 atom stereocenters. The van der Waals surface area contributed by atoms with Crippen molar-refractivity contribution in [3.8, 4) is 0 Å². The number of thiophene rings is 1. The molecule has 1 fully saturated rings. The third kappa shape index (κ3) is 3.09. The summed E-state index contributed by atoms with van der Waals surface area (Å²) in [6, 6.07) is 2.93.